The molecule has 0 unspecified atom stereocenters. The molecule has 2 aromatic rings. The van der Waals surface area contributed by atoms with Crippen LogP contribution in [0.2, 0.25) is 0 Å². The van der Waals surface area contributed by atoms with Crippen molar-refractivity contribution in [3.63, 3.8) is 0 Å². The van der Waals surface area contributed by atoms with E-state index >= 15 is 0 Å². The van der Waals surface area contributed by atoms with Crippen LogP contribution in [0.1, 0.15) is 5.56 Å². The van der Waals surface area contributed by atoms with Crippen molar-refractivity contribution >= 4 is 27.3 Å². The van der Waals surface area contributed by atoms with Crippen LogP contribution in [0.15, 0.2) is 47.4 Å². The molecular weight excluding hydrogens is 345 g/mol. The van der Waals surface area contributed by atoms with Gasteiger partial charge in [0.15, 0.2) is 0 Å². The summed E-state index contributed by atoms with van der Waals surface area (Å²) in [6, 6.07) is 10.7. The number of hydrogen-bond acceptors (Lipinski definition) is 4. The second kappa shape index (κ2) is 7.62. The SMILES string of the molecule is Cc1ccc(NC(=O)CNc2ccccc2F)cc1S(=O)(=O)N(C)C. The van der Waals surface area contributed by atoms with Gasteiger partial charge >= 0.3 is 0 Å². The first-order valence-electron chi connectivity index (χ1n) is 7.53. The van der Waals surface area contributed by atoms with Gasteiger partial charge in [-0.25, -0.2) is 17.1 Å². The molecule has 0 aliphatic rings. The molecule has 2 aromatic carbocycles. The summed E-state index contributed by atoms with van der Waals surface area (Å²) in [5, 5.41) is 5.30. The summed E-state index contributed by atoms with van der Waals surface area (Å²) in [5.41, 5.74) is 1.15. The number of carbonyl (C=O) groups is 1. The van der Waals surface area contributed by atoms with Gasteiger partial charge in [-0.2, -0.15) is 0 Å². The van der Waals surface area contributed by atoms with Gasteiger partial charge in [0, 0.05) is 19.8 Å². The van der Waals surface area contributed by atoms with Crippen LogP contribution < -0.4 is 10.6 Å². The fraction of sp³-hybridized carbons (Fsp3) is 0.235. The minimum atomic E-state index is -3.61. The number of nitrogens with zero attached hydrogens (tertiary/aromatic N) is 1. The number of halogens is 1. The first-order chi connectivity index (χ1) is 11.7. The lowest BCUT2D eigenvalue weighted by Gasteiger charge is -2.15. The molecule has 25 heavy (non-hydrogen) atoms. The third kappa shape index (κ3) is 4.55. The average Bonchev–Trinajstić information content (AvgIpc) is 2.55. The van der Waals surface area contributed by atoms with Crippen LogP contribution in [0.3, 0.4) is 0 Å². The summed E-state index contributed by atoms with van der Waals surface area (Å²) in [7, 11) is -0.724. The number of sulfonamides is 1. The van der Waals surface area contributed by atoms with E-state index < -0.39 is 21.7 Å². The lowest BCUT2D eigenvalue weighted by atomic mass is 10.2. The lowest BCUT2D eigenvalue weighted by molar-refractivity contribution is -0.114. The highest BCUT2D eigenvalue weighted by Gasteiger charge is 2.20. The molecule has 2 N–H and O–H groups in total. The third-order valence-electron chi connectivity index (χ3n) is 3.54. The van der Waals surface area contributed by atoms with Crippen molar-refractivity contribution in [2.24, 2.45) is 0 Å². The van der Waals surface area contributed by atoms with Crippen molar-refractivity contribution in [2.75, 3.05) is 31.3 Å². The lowest BCUT2D eigenvalue weighted by Crippen LogP contribution is -2.24. The van der Waals surface area contributed by atoms with Crippen LogP contribution in [0.4, 0.5) is 15.8 Å². The number of para-hydroxylation sites is 1. The summed E-state index contributed by atoms with van der Waals surface area (Å²) in [4.78, 5) is 12.1. The molecule has 0 bridgehead atoms. The summed E-state index contributed by atoms with van der Waals surface area (Å²) in [6.07, 6.45) is 0. The predicted octanol–water partition coefficient (Wildman–Crippen LogP) is 2.44. The molecule has 1 amide bonds. The Kier molecular flexibility index (Phi) is 5.76. The van der Waals surface area contributed by atoms with Gasteiger partial charge in [-0.05, 0) is 36.8 Å². The maximum Gasteiger partial charge on any atom is 0.243 e. The van der Waals surface area contributed by atoms with Gasteiger partial charge in [0.2, 0.25) is 15.9 Å². The maximum atomic E-state index is 13.5. The second-order valence-corrected chi connectivity index (χ2v) is 7.77. The highest BCUT2D eigenvalue weighted by Crippen LogP contribution is 2.22. The van der Waals surface area contributed by atoms with Gasteiger partial charge in [-0.1, -0.05) is 18.2 Å². The van der Waals surface area contributed by atoms with Gasteiger partial charge in [0.1, 0.15) is 5.82 Å². The summed E-state index contributed by atoms with van der Waals surface area (Å²) in [5.74, 6) is -0.870. The quantitative estimate of drug-likeness (QED) is 0.824. The van der Waals surface area contributed by atoms with E-state index in [2.05, 4.69) is 10.6 Å². The van der Waals surface area contributed by atoms with Crippen molar-refractivity contribution in [2.45, 2.75) is 11.8 Å². The molecule has 0 aromatic heterocycles. The number of nitrogens with one attached hydrogen (secondary N) is 2. The molecule has 134 valence electrons. The number of benzene rings is 2. The molecule has 8 heteroatoms. The minimum absolute atomic E-state index is 0.123. The van der Waals surface area contributed by atoms with E-state index in [0.717, 1.165) is 4.31 Å². The van der Waals surface area contributed by atoms with E-state index in [9.17, 15) is 17.6 Å². The molecular formula is C17H20FN3O3S. The standard InChI is InChI=1S/C17H20FN3O3S/c1-12-8-9-13(10-16(12)25(23,24)21(2)3)20-17(22)11-19-15-7-5-4-6-14(15)18/h4-10,19H,11H2,1-3H3,(H,20,22). The van der Waals surface area contributed by atoms with Gasteiger partial charge in [0.05, 0.1) is 17.1 Å². The molecule has 0 spiro atoms. The first-order valence-corrected chi connectivity index (χ1v) is 8.97. The largest absolute Gasteiger partial charge is 0.374 e. The van der Waals surface area contributed by atoms with Gasteiger partial charge in [-0.3, -0.25) is 4.79 Å². The van der Waals surface area contributed by atoms with E-state index in [0.29, 0.717) is 11.3 Å². The van der Waals surface area contributed by atoms with Crippen LogP contribution in [0.5, 0.6) is 0 Å². The minimum Gasteiger partial charge on any atom is -0.374 e. The normalized spacial score (nSPS) is 11.4. The molecule has 0 saturated carbocycles. The van der Waals surface area contributed by atoms with Gasteiger partial charge in [-0.15, -0.1) is 0 Å². The number of hydrogen-bond donors (Lipinski definition) is 2. The van der Waals surface area contributed by atoms with Crippen molar-refractivity contribution in [3.05, 3.63) is 53.8 Å². The van der Waals surface area contributed by atoms with Gasteiger partial charge < -0.3 is 10.6 Å². The van der Waals surface area contributed by atoms with E-state index in [1.54, 1.807) is 31.2 Å². The number of aryl methyl sites for hydroxylation is 1. The van der Waals surface area contributed by atoms with Crippen LogP contribution in [-0.2, 0) is 14.8 Å². The van der Waals surface area contributed by atoms with Crippen LogP contribution in [0.25, 0.3) is 0 Å². The second-order valence-electron chi connectivity index (χ2n) is 5.65. The van der Waals surface area contributed by atoms with Crippen LogP contribution in [-0.4, -0.2) is 39.3 Å². The fourth-order valence-corrected chi connectivity index (χ4v) is 3.28. The Morgan fingerprint density at radius 1 is 1.16 bits per heavy atom. The molecule has 6 nitrogen and oxygen atoms in total. The predicted molar refractivity (Wildman–Crippen MR) is 95.6 cm³/mol. The van der Waals surface area contributed by atoms with E-state index in [-0.39, 0.29) is 17.1 Å². The third-order valence-corrected chi connectivity index (χ3v) is 5.50. The Hall–Kier alpha value is -2.45. The van der Waals surface area contributed by atoms with Crippen LogP contribution >= 0.6 is 0 Å². The van der Waals surface area contributed by atoms with Gasteiger partial charge in [0.25, 0.3) is 0 Å². The number of amides is 1. The monoisotopic (exact) mass is 365 g/mol. The Labute approximate surface area is 146 Å². The highest BCUT2D eigenvalue weighted by molar-refractivity contribution is 7.89. The number of anilines is 2. The van der Waals surface area contributed by atoms with Crippen molar-refractivity contribution in [3.8, 4) is 0 Å². The zero-order chi connectivity index (χ0) is 18.6. The number of carbonyl (C=O) groups excluding carboxylic acids is 1. The summed E-state index contributed by atoms with van der Waals surface area (Å²) >= 11 is 0. The van der Waals surface area contributed by atoms with Crippen LogP contribution in [0, 0.1) is 12.7 Å². The van der Waals surface area contributed by atoms with E-state index in [4.69, 9.17) is 0 Å². The Bertz CT molecular complexity index is 882. The first kappa shape index (κ1) is 18.9. The molecule has 0 fully saturated rings. The molecule has 0 heterocycles. The van der Waals surface area contributed by atoms with Crippen molar-refractivity contribution in [1.82, 2.24) is 4.31 Å². The molecule has 0 atom stereocenters. The van der Waals surface area contributed by atoms with Crippen molar-refractivity contribution < 1.29 is 17.6 Å². The molecule has 0 aliphatic heterocycles. The molecule has 0 saturated heterocycles. The highest BCUT2D eigenvalue weighted by atomic mass is 32.2. The summed E-state index contributed by atoms with van der Waals surface area (Å²) < 4.78 is 39.2. The molecule has 2 rings (SSSR count). The molecule has 0 aliphatic carbocycles. The zero-order valence-electron chi connectivity index (χ0n) is 14.2. The maximum absolute atomic E-state index is 13.5. The zero-order valence-corrected chi connectivity index (χ0v) is 15.0. The fourth-order valence-electron chi connectivity index (χ4n) is 2.14. The molecule has 0 radical (unpaired) electrons. The smallest absolute Gasteiger partial charge is 0.243 e. The Morgan fingerprint density at radius 3 is 2.48 bits per heavy atom. The Balaban J connectivity index is 2.10. The Morgan fingerprint density at radius 2 is 1.84 bits per heavy atom. The van der Waals surface area contributed by atoms with Crippen molar-refractivity contribution in [1.29, 1.82) is 0 Å². The summed E-state index contributed by atoms with van der Waals surface area (Å²) in [6.45, 7) is 1.53. The average molecular weight is 365 g/mol. The topological polar surface area (TPSA) is 78.5 Å². The van der Waals surface area contributed by atoms with E-state index in [1.807, 2.05) is 0 Å². The number of rotatable bonds is 6. The van der Waals surface area contributed by atoms with E-state index in [1.165, 1.54) is 32.3 Å².